The molecule has 1 aromatic rings. The van der Waals surface area contributed by atoms with Crippen LogP contribution in [0.5, 0.6) is 5.75 Å². The SMILES string of the molecule is COc1ccc(CN(C)CCCC(=O)O)cc1[N+](=O)[O-]. The van der Waals surface area contributed by atoms with Gasteiger partial charge in [0.1, 0.15) is 0 Å². The minimum atomic E-state index is -0.821. The summed E-state index contributed by atoms with van der Waals surface area (Å²) in [5.74, 6) is -0.592. The Hall–Kier alpha value is -2.15. The van der Waals surface area contributed by atoms with Gasteiger partial charge in [-0.3, -0.25) is 14.9 Å². The number of nitro groups is 1. The normalized spacial score (nSPS) is 10.6. The van der Waals surface area contributed by atoms with Crippen LogP contribution < -0.4 is 4.74 Å². The van der Waals surface area contributed by atoms with Crippen LogP contribution in [0, 0.1) is 10.1 Å². The van der Waals surface area contributed by atoms with Gasteiger partial charge >= 0.3 is 11.7 Å². The van der Waals surface area contributed by atoms with Crippen molar-refractivity contribution in [1.82, 2.24) is 4.90 Å². The van der Waals surface area contributed by atoms with Crippen LogP contribution >= 0.6 is 0 Å². The third-order valence-electron chi connectivity index (χ3n) is 2.82. The maximum Gasteiger partial charge on any atom is 0.311 e. The fraction of sp³-hybridized carbons (Fsp3) is 0.462. The van der Waals surface area contributed by atoms with E-state index in [2.05, 4.69) is 0 Å². The van der Waals surface area contributed by atoms with Gasteiger partial charge in [0.05, 0.1) is 12.0 Å². The number of nitro benzene ring substituents is 1. The molecule has 0 amide bonds. The van der Waals surface area contributed by atoms with Crippen LogP contribution in [-0.2, 0) is 11.3 Å². The number of hydrogen-bond donors (Lipinski definition) is 1. The van der Waals surface area contributed by atoms with E-state index in [4.69, 9.17) is 9.84 Å². The predicted octanol–water partition coefficient (Wildman–Crippen LogP) is 1.90. The average molecular weight is 282 g/mol. The van der Waals surface area contributed by atoms with Crippen LogP contribution in [0.25, 0.3) is 0 Å². The third-order valence-corrected chi connectivity index (χ3v) is 2.82. The fourth-order valence-electron chi connectivity index (χ4n) is 1.87. The maximum atomic E-state index is 10.9. The van der Waals surface area contributed by atoms with Gasteiger partial charge in [-0.1, -0.05) is 6.07 Å². The summed E-state index contributed by atoms with van der Waals surface area (Å²) in [6.45, 7) is 1.14. The van der Waals surface area contributed by atoms with Crippen molar-refractivity contribution >= 4 is 11.7 Å². The molecular formula is C13H18N2O5. The molecule has 0 aliphatic carbocycles. The minimum Gasteiger partial charge on any atom is -0.490 e. The molecule has 7 nitrogen and oxygen atoms in total. The van der Waals surface area contributed by atoms with Crippen molar-refractivity contribution in [2.45, 2.75) is 19.4 Å². The molecule has 0 atom stereocenters. The summed E-state index contributed by atoms with van der Waals surface area (Å²) >= 11 is 0. The van der Waals surface area contributed by atoms with E-state index in [1.165, 1.54) is 13.2 Å². The van der Waals surface area contributed by atoms with Crippen LogP contribution in [0.1, 0.15) is 18.4 Å². The summed E-state index contributed by atoms with van der Waals surface area (Å²) < 4.78 is 4.94. The number of benzene rings is 1. The lowest BCUT2D eigenvalue weighted by Crippen LogP contribution is -2.19. The Bertz CT molecular complexity index is 490. The highest BCUT2D eigenvalue weighted by molar-refractivity contribution is 5.66. The van der Waals surface area contributed by atoms with E-state index in [0.29, 0.717) is 19.5 Å². The Kier molecular flexibility index (Phi) is 5.92. The van der Waals surface area contributed by atoms with Crippen molar-refractivity contribution < 1.29 is 19.6 Å². The largest absolute Gasteiger partial charge is 0.490 e. The average Bonchev–Trinajstić information content (AvgIpc) is 2.38. The van der Waals surface area contributed by atoms with Crippen molar-refractivity contribution in [2.75, 3.05) is 20.7 Å². The van der Waals surface area contributed by atoms with Gasteiger partial charge in [-0.05, 0) is 31.6 Å². The lowest BCUT2D eigenvalue weighted by atomic mass is 10.1. The summed E-state index contributed by atoms with van der Waals surface area (Å²) in [6, 6.07) is 4.81. The van der Waals surface area contributed by atoms with Gasteiger partial charge in [0.2, 0.25) is 0 Å². The Morgan fingerprint density at radius 2 is 2.20 bits per heavy atom. The number of aliphatic carboxylic acids is 1. The first-order valence-electron chi connectivity index (χ1n) is 6.15. The van der Waals surface area contributed by atoms with E-state index in [1.807, 2.05) is 11.9 Å². The summed E-state index contributed by atoms with van der Waals surface area (Å²) in [6.07, 6.45) is 0.664. The second-order valence-electron chi connectivity index (χ2n) is 4.50. The predicted molar refractivity (Wildman–Crippen MR) is 72.9 cm³/mol. The summed E-state index contributed by atoms with van der Waals surface area (Å²) in [5.41, 5.74) is 0.722. The van der Waals surface area contributed by atoms with Gasteiger partial charge in [-0.15, -0.1) is 0 Å². The molecule has 0 aromatic heterocycles. The molecule has 0 unspecified atom stereocenters. The molecule has 0 fully saturated rings. The van der Waals surface area contributed by atoms with E-state index in [-0.39, 0.29) is 17.9 Å². The number of methoxy groups -OCH3 is 1. The van der Waals surface area contributed by atoms with Gasteiger partial charge in [0, 0.05) is 19.0 Å². The van der Waals surface area contributed by atoms with E-state index >= 15 is 0 Å². The van der Waals surface area contributed by atoms with Crippen LogP contribution in [0.4, 0.5) is 5.69 Å². The molecule has 0 bridgehead atoms. The highest BCUT2D eigenvalue weighted by Crippen LogP contribution is 2.27. The van der Waals surface area contributed by atoms with Crippen molar-refractivity contribution in [3.63, 3.8) is 0 Å². The molecule has 1 aromatic carbocycles. The number of carboxylic acids is 1. The maximum absolute atomic E-state index is 10.9. The lowest BCUT2D eigenvalue weighted by molar-refractivity contribution is -0.385. The number of rotatable bonds is 8. The summed E-state index contributed by atoms with van der Waals surface area (Å²) in [5, 5.41) is 19.5. The van der Waals surface area contributed by atoms with Crippen LogP contribution in [0.3, 0.4) is 0 Å². The minimum absolute atomic E-state index is 0.0658. The molecule has 1 N–H and O–H groups in total. The van der Waals surface area contributed by atoms with Crippen LogP contribution in [0.15, 0.2) is 18.2 Å². The molecular weight excluding hydrogens is 264 g/mol. The van der Waals surface area contributed by atoms with E-state index < -0.39 is 10.9 Å². The third kappa shape index (κ3) is 4.85. The van der Waals surface area contributed by atoms with Gasteiger partial charge in [-0.25, -0.2) is 0 Å². The van der Waals surface area contributed by atoms with Crippen molar-refractivity contribution in [3.8, 4) is 5.75 Å². The molecule has 20 heavy (non-hydrogen) atoms. The zero-order chi connectivity index (χ0) is 15.1. The molecule has 0 spiro atoms. The fourth-order valence-corrected chi connectivity index (χ4v) is 1.87. The Labute approximate surface area is 116 Å². The van der Waals surface area contributed by atoms with Crippen molar-refractivity contribution in [1.29, 1.82) is 0 Å². The summed E-state index contributed by atoms with van der Waals surface area (Å²) in [4.78, 5) is 22.8. The van der Waals surface area contributed by atoms with Gasteiger partial charge in [0.25, 0.3) is 0 Å². The Morgan fingerprint density at radius 1 is 1.50 bits per heavy atom. The first kappa shape index (κ1) is 15.9. The summed E-state index contributed by atoms with van der Waals surface area (Å²) in [7, 11) is 3.23. The molecule has 110 valence electrons. The van der Waals surface area contributed by atoms with E-state index in [0.717, 1.165) is 5.56 Å². The Morgan fingerprint density at radius 3 is 2.75 bits per heavy atom. The smallest absolute Gasteiger partial charge is 0.311 e. The highest BCUT2D eigenvalue weighted by atomic mass is 16.6. The van der Waals surface area contributed by atoms with Crippen LogP contribution in [0.2, 0.25) is 0 Å². The van der Waals surface area contributed by atoms with Gasteiger partial charge in [0.15, 0.2) is 5.75 Å². The van der Waals surface area contributed by atoms with E-state index in [1.54, 1.807) is 12.1 Å². The van der Waals surface area contributed by atoms with Gasteiger partial charge in [-0.2, -0.15) is 0 Å². The topological polar surface area (TPSA) is 92.9 Å². The first-order chi connectivity index (χ1) is 9.43. The monoisotopic (exact) mass is 282 g/mol. The molecule has 0 aliphatic rings. The molecule has 0 radical (unpaired) electrons. The van der Waals surface area contributed by atoms with Crippen molar-refractivity contribution in [3.05, 3.63) is 33.9 Å². The number of ether oxygens (including phenoxy) is 1. The number of nitrogens with zero attached hydrogens (tertiary/aromatic N) is 2. The van der Waals surface area contributed by atoms with Crippen LogP contribution in [-0.4, -0.2) is 41.6 Å². The molecule has 0 heterocycles. The van der Waals surface area contributed by atoms with E-state index in [9.17, 15) is 14.9 Å². The number of carboxylic acid groups (broad SMARTS) is 1. The number of carbonyl (C=O) groups is 1. The molecule has 7 heteroatoms. The zero-order valence-electron chi connectivity index (χ0n) is 11.5. The highest BCUT2D eigenvalue weighted by Gasteiger charge is 2.15. The lowest BCUT2D eigenvalue weighted by Gasteiger charge is -2.16. The van der Waals surface area contributed by atoms with Gasteiger partial charge < -0.3 is 14.7 Å². The molecule has 0 saturated carbocycles. The number of hydrogen-bond acceptors (Lipinski definition) is 5. The second kappa shape index (κ2) is 7.44. The Balaban J connectivity index is 2.65. The molecule has 1 rings (SSSR count). The second-order valence-corrected chi connectivity index (χ2v) is 4.50. The quantitative estimate of drug-likeness (QED) is 0.578. The molecule has 0 aliphatic heterocycles. The molecule has 0 saturated heterocycles. The first-order valence-corrected chi connectivity index (χ1v) is 6.15. The standard InChI is InChI=1S/C13H18N2O5/c1-14(7-3-4-13(16)17)9-10-5-6-12(20-2)11(8-10)15(18)19/h5-6,8H,3-4,7,9H2,1-2H3,(H,16,17). The van der Waals surface area contributed by atoms with Crippen molar-refractivity contribution in [2.24, 2.45) is 0 Å². The zero-order valence-corrected chi connectivity index (χ0v) is 11.5.